The number of anilines is 1. The number of thiazole rings is 1. The molecule has 3 aromatic rings. The van der Waals surface area contributed by atoms with Gasteiger partial charge >= 0.3 is 5.97 Å². The Morgan fingerprint density at radius 1 is 1.14 bits per heavy atom. The van der Waals surface area contributed by atoms with Crippen molar-refractivity contribution < 1.29 is 19.2 Å². The summed E-state index contributed by atoms with van der Waals surface area (Å²) in [4.78, 5) is 46.1. The third kappa shape index (κ3) is 6.33. The number of hydrogen-bond donors (Lipinski definition) is 0. The molecule has 1 unspecified atom stereocenters. The van der Waals surface area contributed by atoms with Crippen LogP contribution < -0.4 is 19.8 Å². The molecule has 5 rings (SSSR count). The van der Waals surface area contributed by atoms with Crippen LogP contribution in [0.4, 0.5) is 11.4 Å². The summed E-state index contributed by atoms with van der Waals surface area (Å²) in [6.45, 7) is 7.96. The number of rotatable bonds is 9. The fourth-order valence-electron chi connectivity index (χ4n) is 5.59. The van der Waals surface area contributed by atoms with Gasteiger partial charge in [0.15, 0.2) is 4.80 Å². The van der Waals surface area contributed by atoms with Crippen molar-refractivity contribution in [1.29, 1.82) is 0 Å². The summed E-state index contributed by atoms with van der Waals surface area (Å²) in [7, 11) is 1.53. The zero-order valence-electron chi connectivity index (χ0n) is 24.9. The molecule has 2 aliphatic rings. The predicted molar refractivity (Wildman–Crippen MR) is 166 cm³/mol. The van der Waals surface area contributed by atoms with Gasteiger partial charge in [-0.05, 0) is 55.4 Å². The number of methoxy groups -OCH3 is 1. The second kappa shape index (κ2) is 13.0. The maximum absolute atomic E-state index is 14.2. The molecule has 0 radical (unpaired) electrons. The van der Waals surface area contributed by atoms with E-state index in [9.17, 15) is 19.7 Å². The van der Waals surface area contributed by atoms with Crippen molar-refractivity contribution in [2.24, 2.45) is 4.99 Å². The van der Waals surface area contributed by atoms with Crippen LogP contribution in [0.2, 0.25) is 0 Å². The third-order valence-corrected chi connectivity index (χ3v) is 8.87. The smallest absolute Gasteiger partial charge is 0.338 e. The van der Waals surface area contributed by atoms with E-state index in [1.807, 2.05) is 24.3 Å². The van der Waals surface area contributed by atoms with Crippen LogP contribution in [0.25, 0.3) is 6.08 Å². The second-order valence-electron chi connectivity index (χ2n) is 11.1. The van der Waals surface area contributed by atoms with Crippen molar-refractivity contribution in [1.82, 2.24) is 4.57 Å². The van der Waals surface area contributed by atoms with Crippen LogP contribution in [-0.4, -0.2) is 48.9 Å². The summed E-state index contributed by atoms with van der Waals surface area (Å²) < 4.78 is 12.5. The van der Waals surface area contributed by atoms with E-state index in [0.717, 1.165) is 49.2 Å². The number of nitrogens with zero attached hydrogens (tertiary/aromatic N) is 4. The van der Waals surface area contributed by atoms with Crippen molar-refractivity contribution in [2.75, 3.05) is 38.3 Å². The molecule has 0 amide bonds. The first-order valence-electron chi connectivity index (χ1n) is 14.5. The molecule has 0 N–H and O–H groups in total. The SMILES string of the molecule is COCCOC(=O)C1=C(C)N=c2sc(=Cc3cc([N+](=O)[O-])ccc3N3CCCCC3)c(=O)n2C1c1ccc(C(C)C)cc1. The summed E-state index contributed by atoms with van der Waals surface area (Å²) in [5.74, 6) is -0.243. The van der Waals surface area contributed by atoms with Crippen LogP contribution in [0, 0.1) is 10.1 Å². The van der Waals surface area contributed by atoms with Gasteiger partial charge in [0.2, 0.25) is 0 Å². The fraction of sp³-hybridized carbons (Fsp3) is 0.406. The van der Waals surface area contributed by atoms with E-state index in [1.54, 1.807) is 23.6 Å². The number of ether oxygens (including phenoxy) is 2. The number of hydrogen-bond acceptors (Lipinski definition) is 9. The Balaban J connectivity index is 1.67. The molecule has 0 bridgehead atoms. The van der Waals surface area contributed by atoms with Crippen LogP contribution in [0.3, 0.4) is 0 Å². The number of non-ortho nitro benzene ring substituents is 1. The van der Waals surface area contributed by atoms with Crippen molar-refractivity contribution >= 4 is 34.8 Å². The molecule has 43 heavy (non-hydrogen) atoms. The lowest BCUT2D eigenvalue weighted by molar-refractivity contribution is -0.384. The minimum atomic E-state index is -0.749. The van der Waals surface area contributed by atoms with E-state index in [-0.39, 0.29) is 30.0 Å². The Bertz CT molecular complexity index is 1730. The number of esters is 1. The highest BCUT2D eigenvalue weighted by molar-refractivity contribution is 7.07. The Labute approximate surface area is 253 Å². The molecular formula is C32H36N4O6S. The van der Waals surface area contributed by atoms with Gasteiger partial charge in [0, 0.05) is 43.6 Å². The lowest BCUT2D eigenvalue weighted by atomic mass is 9.93. The number of nitro benzene ring substituents is 1. The van der Waals surface area contributed by atoms with Gasteiger partial charge in [-0.15, -0.1) is 0 Å². The lowest BCUT2D eigenvalue weighted by Gasteiger charge is -2.30. The van der Waals surface area contributed by atoms with Gasteiger partial charge in [-0.2, -0.15) is 0 Å². The molecule has 226 valence electrons. The van der Waals surface area contributed by atoms with Crippen LogP contribution in [0.1, 0.15) is 68.7 Å². The van der Waals surface area contributed by atoms with E-state index < -0.39 is 16.9 Å². The van der Waals surface area contributed by atoms with Crippen molar-refractivity contribution in [3.8, 4) is 0 Å². The molecule has 0 aliphatic carbocycles. The fourth-order valence-corrected chi connectivity index (χ4v) is 6.63. The summed E-state index contributed by atoms with van der Waals surface area (Å²) in [6.07, 6.45) is 4.94. The van der Waals surface area contributed by atoms with Crippen molar-refractivity contribution in [3.05, 3.63) is 100 Å². The summed E-state index contributed by atoms with van der Waals surface area (Å²) in [5, 5.41) is 11.7. The largest absolute Gasteiger partial charge is 0.460 e. The maximum Gasteiger partial charge on any atom is 0.338 e. The summed E-state index contributed by atoms with van der Waals surface area (Å²) in [5.41, 5.74) is 3.75. The average molecular weight is 605 g/mol. The highest BCUT2D eigenvalue weighted by atomic mass is 32.1. The van der Waals surface area contributed by atoms with E-state index in [4.69, 9.17) is 9.47 Å². The van der Waals surface area contributed by atoms with Crippen LogP contribution in [0.5, 0.6) is 0 Å². The van der Waals surface area contributed by atoms with Gasteiger partial charge in [-0.3, -0.25) is 19.5 Å². The first-order valence-corrected chi connectivity index (χ1v) is 15.3. The number of aromatic nitrogens is 1. The number of benzene rings is 2. The minimum absolute atomic E-state index is 0.0418. The third-order valence-electron chi connectivity index (χ3n) is 7.89. The first-order chi connectivity index (χ1) is 20.7. The van der Waals surface area contributed by atoms with Gasteiger partial charge in [-0.1, -0.05) is 49.4 Å². The lowest BCUT2D eigenvalue weighted by Crippen LogP contribution is -2.40. The average Bonchev–Trinajstić information content (AvgIpc) is 3.30. The van der Waals surface area contributed by atoms with E-state index >= 15 is 0 Å². The molecule has 0 saturated carbocycles. The normalized spacial score (nSPS) is 17.2. The van der Waals surface area contributed by atoms with Gasteiger partial charge in [0.1, 0.15) is 6.61 Å². The summed E-state index contributed by atoms with van der Waals surface area (Å²) >= 11 is 1.21. The number of nitro groups is 1. The number of fused-ring (bicyclic) bond motifs is 1. The van der Waals surface area contributed by atoms with Gasteiger partial charge in [0.05, 0.1) is 33.4 Å². The Hall–Kier alpha value is -4.09. The van der Waals surface area contributed by atoms with E-state index in [2.05, 4.69) is 23.7 Å². The predicted octanol–water partition coefficient (Wildman–Crippen LogP) is 4.45. The second-order valence-corrected chi connectivity index (χ2v) is 12.1. The van der Waals surface area contributed by atoms with Crippen molar-refractivity contribution in [2.45, 2.75) is 52.0 Å². The molecule has 1 fully saturated rings. The van der Waals surface area contributed by atoms with Crippen LogP contribution >= 0.6 is 11.3 Å². The molecule has 1 aromatic heterocycles. The number of piperidine rings is 1. The highest BCUT2D eigenvalue weighted by Gasteiger charge is 2.33. The quantitative estimate of drug-likeness (QED) is 0.153. The highest BCUT2D eigenvalue weighted by Crippen LogP contribution is 2.32. The number of allylic oxidation sites excluding steroid dienone is 1. The minimum Gasteiger partial charge on any atom is -0.460 e. The van der Waals surface area contributed by atoms with Gasteiger partial charge in [0.25, 0.3) is 11.2 Å². The number of carbonyl (C=O) groups excluding carboxylic acids is 1. The molecule has 10 nitrogen and oxygen atoms in total. The monoisotopic (exact) mass is 604 g/mol. The van der Waals surface area contributed by atoms with Crippen LogP contribution in [-0.2, 0) is 14.3 Å². The van der Waals surface area contributed by atoms with Gasteiger partial charge in [-0.25, -0.2) is 9.79 Å². The topological polar surface area (TPSA) is 116 Å². The summed E-state index contributed by atoms with van der Waals surface area (Å²) in [6, 6.07) is 11.9. The molecule has 2 aliphatic heterocycles. The molecule has 1 atom stereocenters. The first kappa shape index (κ1) is 30.4. The van der Waals surface area contributed by atoms with Crippen molar-refractivity contribution in [3.63, 3.8) is 0 Å². The molecule has 1 saturated heterocycles. The zero-order valence-corrected chi connectivity index (χ0v) is 25.7. The molecule has 0 spiro atoms. The van der Waals surface area contributed by atoms with Gasteiger partial charge < -0.3 is 14.4 Å². The molecule has 11 heteroatoms. The Morgan fingerprint density at radius 3 is 2.51 bits per heavy atom. The maximum atomic E-state index is 14.2. The van der Waals surface area contributed by atoms with E-state index in [0.29, 0.717) is 26.5 Å². The molecule has 2 aromatic carbocycles. The molecule has 3 heterocycles. The molecular weight excluding hydrogens is 568 g/mol. The number of carbonyl (C=O) groups is 1. The Kier molecular flexibility index (Phi) is 9.22. The Morgan fingerprint density at radius 2 is 1.86 bits per heavy atom. The van der Waals surface area contributed by atoms with Crippen LogP contribution in [0.15, 0.2) is 63.5 Å². The zero-order chi connectivity index (χ0) is 30.7. The standard InChI is InChI=1S/C32H36N4O6S/c1-20(2)22-8-10-23(11-9-22)29-28(31(38)42-17-16-41-4)21(3)33-32-35(29)30(37)27(43-32)19-24-18-25(36(39)40)12-13-26(24)34-14-6-5-7-15-34/h8-13,18-20,29H,5-7,14-17H2,1-4H3. The van der Waals surface area contributed by atoms with E-state index in [1.165, 1.54) is 30.6 Å².